The van der Waals surface area contributed by atoms with Gasteiger partial charge < -0.3 is 10.0 Å². The van der Waals surface area contributed by atoms with E-state index in [9.17, 15) is 14.7 Å². The summed E-state index contributed by atoms with van der Waals surface area (Å²) in [6.07, 6.45) is 2.49. The number of hydrogen-bond donors (Lipinski definition) is 1. The molecule has 3 aromatic rings. The minimum atomic E-state index is -1.05. The van der Waals surface area contributed by atoms with Crippen molar-refractivity contribution in [3.05, 3.63) is 42.0 Å². The molecule has 10 heteroatoms. The first kappa shape index (κ1) is 18.7. The van der Waals surface area contributed by atoms with E-state index in [0.29, 0.717) is 29.3 Å². The molecule has 1 aliphatic rings. The van der Waals surface area contributed by atoms with Crippen LogP contribution in [-0.4, -0.2) is 49.8 Å². The first-order valence-corrected chi connectivity index (χ1v) is 9.10. The van der Waals surface area contributed by atoms with Crippen LogP contribution in [0.3, 0.4) is 0 Å². The summed E-state index contributed by atoms with van der Waals surface area (Å²) < 4.78 is 6.42. The van der Waals surface area contributed by atoms with Gasteiger partial charge in [-0.05, 0) is 31.5 Å². The number of anilines is 2. The topological polar surface area (TPSA) is 118 Å². The van der Waals surface area contributed by atoms with Gasteiger partial charge in [0.05, 0.1) is 30.2 Å². The van der Waals surface area contributed by atoms with Crippen molar-refractivity contribution in [3.63, 3.8) is 0 Å². The van der Waals surface area contributed by atoms with Crippen molar-refractivity contribution in [1.29, 1.82) is 0 Å². The van der Waals surface area contributed by atoms with Crippen molar-refractivity contribution in [3.8, 4) is 11.1 Å². The lowest BCUT2D eigenvalue weighted by Gasteiger charge is -2.39. The summed E-state index contributed by atoms with van der Waals surface area (Å²) in [6, 6.07) is 5.16. The second-order valence-electron chi connectivity index (χ2n) is 7.06. The van der Waals surface area contributed by atoms with E-state index in [2.05, 4.69) is 15.4 Å². The fourth-order valence-corrected chi connectivity index (χ4v) is 3.61. The van der Waals surface area contributed by atoms with Crippen LogP contribution >= 0.6 is 0 Å². The van der Waals surface area contributed by atoms with Gasteiger partial charge in [0.25, 0.3) is 0 Å². The molecule has 0 aliphatic carbocycles. The molecule has 10 nitrogen and oxygen atoms in total. The quantitative estimate of drug-likeness (QED) is 0.723. The number of aromatic nitrogens is 4. The molecule has 2 aromatic heterocycles. The molecule has 0 radical (unpaired) electrons. The average Bonchev–Trinajstić information content (AvgIpc) is 3.30. The lowest BCUT2D eigenvalue weighted by molar-refractivity contribution is -0.117. The third kappa shape index (κ3) is 3.33. The van der Waals surface area contributed by atoms with E-state index in [1.54, 1.807) is 27.9 Å². The molecule has 0 bridgehead atoms. The van der Waals surface area contributed by atoms with Crippen molar-refractivity contribution in [2.24, 2.45) is 0 Å². The van der Waals surface area contributed by atoms with Crippen LogP contribution in [0.2, 0.25) is 0 Å². The molecule has 2 amide bonds. The van der Waals surface area contributed by atoms with Crippen LogP contribution in [0.5, 0.6) is 0 Å². The van der Waals surface area contributed by atoms with Gasteiger partial charge in [0.2, 0.25) is 5.91 Å². The number of carboxylic acid groups (broad SMARTS) is 1. The Balaban J connectivity index is 1.70. The van der Waals surface area contributed by atoms with E-state index in [1.165, 1.54) is 11.8 Å². The minimum absolute atomic E-state index is 0.124. The van der Waals surface area contributed by atoms with Crippen LogP contribution in [0.25, 0.3) is 11.1 Å². The summed E-state index contributed by atoms with van der Waals surface area (Å²) in [5.41, 5.74) is 4.07. The SMILES string of the molecule is CC(=O)N1c2ccc(-c3cnn(Cc4nonc4C)c3)cc2N(C(=O)O)C[C@@H]1C. The van der Waals surface area contributed by atoms with E-state index in [1.807, 2.05) is 26.1 Å². The number of carbonyl (C=O) groups excluding carboxylic acids is 1. The highest BCUT2D eigenvalue weighted by Gasteiger charge is 2.33. The van der Waals surface area contributed by atoms with E-state index in [4.69, 9.17) is 4.63 Å². The number of aryl methyl sites for hydroxylation is 1. The molecule has 0 saturated carbocycles. The number of rotatable bonds is 3. The lowest BCUT2D eigenvalue weighted by atomic mass is 10.0. The molecule has 29 heavy (non-hydrogen) atoms. The maximum Gasteiger partial charge on any atom is 0.411 e. The number of benzene rings is 1. The third-order valence-corrected chi connectivity index (χ3v) is 5.01. The Morgan fingerprint density at radius 2 is 2.03 bits per heavy atom. The smallest absolute Gasteiger partial charge is 0.411 e. The summed E-state index contributed by atoms with van der Waals surface area (Å²) in [7, 11) is 0. The molecule has 0 spiro atoms. The number of hydrogen-bond acceptors (Lipinski definition) is 6. The van der Waals surface area contributed by atoms with Gasteiger partial charge in [-0.1, -0.05) is 16.4 Å². The van der Waals surface area contributed by atoms with Gasteiger partial charge in [-0.25, -0.2) is 9.42 Å². The molecule has 150 valence electrons. The van der Waals surface area contributed by atoms with E-state index >= 15 is 0 Å². The Labute approximate surface area is 166 Å². The van der Waals surface area contributed by atoms with Crippen LogP contribution in [0.1, 0.15) is 25.2 Å². The molecule has 0 fully saturated rings. The Bertz CT molecular complexity index is 1090. The highest BCUT2D eigenvalue weighted by atomic mass is 16.6. The van der Waals surface area contributed by atoms with E-state index in [-0.39, 0.29) is 18.5 Å². The number of fused-ring (bicyclic) bond motifs is 1. The maximum atomic E-state index is 12.1. The molecule has 1 N–H and O–H groups in total. The van der Waals surface area contributed by atoms with Crippen molar-refractivity contribution >= 4 is 23.4 Å². The van der Waals surface area contributed by atoms with Crippen molar-refractivity contribution < 1.29 is 19.3 Å². The Hall–Kier alpha value is -3.69. The summed E-state index contributed by atoms with van der Waals surface area (Å²) in [5.74, 6) is -0.124. The highest BCUT2D eigenvalue weighted by Crippen LogP contribution is 2.38. The molecular formula is C19H20N6O4. The lowest BCUT2D eigenvalue weighted by Crippen LogP contribution is -2.51. The predicted molar refractivity (Wildman–Crippen MR) is 104 cm³/mol. The van der Waals surface area contributed by atoms with Crippen LogP contribution in [0.4, 0.5) is 16.2 Å². The van der Waals surface area contributed by atoms with E-state index < -0.39 is 6.09 Å². The van der Waals surface area contributed by atoms with Crippen molar-refractivity contribution in [1.82, 2.24) is 20.1 Å². The van der Waals surface area contributed by atoms with E-state index in [0.717, 1.165) is 11.1 Å². The van der Waals surface area contributed by atoms with Gasteiger partial charge in [0, 0.05) is 25.2 Å². The minimum Gasteiger partial charge on any atom is -0.465 e. The molecule has 1 atom stereocenters. The predicted octanol–water partition coefficient (Wildman–Crippen LogP) is 2.53. The van der Waals surface area contributed by atoms with Crippen molar-refractivity contribution in [2.45, 2.75) is 33.4 Å². The van der Waals surface area contributed by atoms with Gasteiger partial charge in [0.15, 0.2) is 0 Å². The Morgan fingerprint density at radius 3 is 2.69 bits per heavy atom. The molecule has 3 heterocycles. The number of carbonyl (C=O) groups is 2. The van der Waals surface area contributed by atoms with Gasteiger partial charge in [-0.3, -0.25) is 14.4 Å². The zero-order valence-electron chi connectivity index (χ0n) is 16.2. The van der Waals surface area contributed by atoms with Gasteiger partial charge >= 0.3 is 6.09 Å². The van der Waals surface area contributed by atoms with Crippen LogP contribution in [0, 0.1) is 6.92 Å². The second kappa shape index (κ2) is 7.04. The normalized spacial score (nSPS) is 16.0. The molecule has 0 unspecified atom stereocenters. The molecule has 1 aromatic carbocycles. The first-order valence-electron chi connectivity index (χ1n) is 9.10. The maximum absolute atomic E-state index is 12.1. The summed E-state index contributed by atoms with van der Waals surface area (Å²) in [6.45, 7) is 5.75. The zero-order valence-corrected chi connectivity index (χ0v) is 16.2. The summed E-state index contributed by atoms with van der Waals surface area (Å²) >= 11 is 0. The largest absolute Gasteiger partial charge is 0.465 e. The number of amides is 2. The first-order chi connectivity index (χ1) is 13.8. The molecule has 4 rings (SSSR count). The molecular weight excluding hydrogens is 376 g/mol. The monoisotopic (exact) mass is 396 g/mol. The van der Waals surface area contributed by atoms with Crippen LogP contribution in [-0.2, 0) is 11.3 Å². The fourth-order valence-electron chi connectivity index (χ4n) is 3.61. The highest BCUT2D eigenvalue weighted by molar-refractivity contribution is 6.02. The van der Waals surface area contributed by atoms with Crippen LogP contribution < -0.4 is 9.80 Å². The van der Waals surface area contributed by atoms with Gasteiger partial charge in [-0.2, -0.15) is 5.10 Å². The zero-order chi connectivity index (χ0) is 20.7. The van der Waals surface area contributed by atoms with Gasteiger partial charge in [-0.15, -0.1) is 0 Å². The number of nitrogens with zero attached hydrogens (tertiary/aromatic N) is 6. The second-order valence-corrected chi connectivity index (χ2v) is 7.06. The Kier molecular flexibility index (Phi) is 4.53. The van der Waals surface area contributed by atoms with Crippen molar-refractivity contribution in [2.75, 3.05) is 16.3 Å². The molecule has 1 aliphatic heterocycles. The van der Waals surface area contributed by atoms with Gasteiger partial charge in [0.1, 0.15) is 11.4 Å². The summed E-state index contributed by atoms with van der Waals surface area (Å²) in [5, 5.41) is 21.6. The van der Waals surface area contributed by atoms with Crippen LogP contribution in [0.15, 0.2) is 35.2 Å². The average molecular weight is 396 g/mol. The molecule has 0 saturated heterocycles. The third-order valence-electron chi connectivity index (χ3n) is 5.01. The summed E-state index contributed by atoms with van der Waals surface area (Å²) in [4.78, 5) is 26.8. The standard InChI is InChI=1S/C19H20N6O4/c1-11-8-24(19(27)28)18-6-14(4-5-17(18)25(11)13(3)26)15-7-20-23(9-15)10-16-12(2)21-29-22-16/h4-7,9,11H,8,10H2,1-3H3,(H,27,28)/t11-/m0/s1. The Morgan fingerprint density at radius 1 is 1.24 bits per heavy atom. The fraction of sp³-hybridized carbons (Fsp3) is 0.316.